The van der Waals surface area contributed by atoms with Crippen LogP contribution in [0.4, 0.5) is 4.39 Å². The Kier molecular flexibility index (Phi) is 5.40. The summed E-state index contributed by atoms with van der Waals surface area (Å²) >= 11 is 3.37. The van der Waals surface area contributed by atoms with Crippen LogP contribution in [0.3, 0.4) is 0 Å². The smallest absolute Gasteiger partial charge is 0.316 e. The Hall–Kier alpha value is -2.02. The van der Waals surface area contributed by atoms with Gasteiger partial charge in [-0.2, -0.15) is 0 Å². The topological polar surface area (TPSA) is 64.1 Å². The summed E-state index contributed by atoms with van der Waals surface area (Å²) in [6.07, 6.45) is 5.42. The minimum absolute atomic E-state index is 0.00511. The summed E-state index contributed by atoms with van der Waals surface area (Å²) in [6, 6.07) is 7.64. The quantitative estimate of drug-likeness (QED) is 0.862. The zero-order chi connectivity index (χ0) is 16.9. The molecule has 7 heteroatoms. The van der Waals surface area contributed by atoms with Gasteiger partial charge in [0.25, 0.3) is 5.91 Å². The molecular weight excluding hydrogens is 377 g/mol. The summed E-state index contributed by atoms with van der Waals surface area (Å²) < 4.78 is 19.3. The fraction of sp³-hybridized carbons (Fsp3) is 0.353. The zero-order valence-electron chi connectivity index (χ0n) is 12.9. The maximum Gasteiger partial charge on any atom is 0.316 e. The zero-order valence-corrected chi connectivity index (χ0v) is 14.5. The van der Waals surface area contributed by atoms with E-state index in [1.54, 1.807) is 12.1 Å². The van der Waals surface area contributed by atoms with Crippen molar-refractivity contribution in [3.8, 4) is 6.01 Å². The molecule has 0 unspecified atom stereocenters. The summed E-state index contributed by atoms with van der Waals surface area (Å²) in [5, 5.41) is 3.06. The molecule has 1 aromatic carbocycles. The lowest BCUT2D eigenvalue weighted by molar-refractivity contribution is 0.0885. The number of rotatable bonds is 4. The van der Waals surface area contributed by atoms with Crippen molar-refractivity contribution in [1.82, 2.24) is 15.3 Å². The number of nitrogens with one attached hydrogen (secondary N) is 1. The first-order valence-corrected chi connectivity index (χ1v) is 8.60. The molecule has 1 N–H and O–H groups in total. The van der Waals surface area contributed by atoms with Crippen LogP contribution in [0.5, 0.6) is 6.01 Å². The Labute approximate surface area is 147 Å². The van der Waals surface area contributed by atoms with Crippen LogP contribution in [0.1, 0.15) is 36.0 Å². The molecule has 0 bridgehead atoms. The third kappa shape index (κ3) is 4.50. The van der Waals surface area contributed by atoms with Gasteiger partial charge in [-0.25, -0.2) is 14.4 Å². The van der Waals surface area contributed by atoms with E-state index < -0.39 is 5.82 Å². The number of nitrogens with zero attached hydrogens (tertiary/aromatic N) is 2. The number of hydrogen-bond donors (Lipinski definition) is 1. The Morgan fingerprint density at radius 3 is 2.58 bits per heavy atom. The monoisotopic (exact) mass is 393 g/mol. The first-order chi connectivity index (χ1) is 11.6. The van der Waals surface area contributed by atoms with Gasteiger partial charge in [0, 0.05) is 16.1 Å². The van der Waals surface area contributed by atoms with Crippen LogP contribution in [0, 0.1) is 5.82 Å². The number of benzene rings is 1. The molecule has 1 aromatic heterocycles. The van der Waals surface area contributed by atoms with E-state index >= 15 is 0 Å². The molecular formula is C17H17BrFN3O2. The van der Waals surface area contributed by atoms with Crippen molar-refractivity contribution in [2.45, 2.75) is 37.8 Å². The number of carbonyl (C=O) groups is 1. The van der Waals surface area contributed by atoms with Gasteiger partial charge in [-0.05, 0) is 43.9 Å². The van der Waals surface area contributed by atoms with E-state index in [9.17, 15) is 9.18 Å². The molecule has 0 atom stereocenters. The second kappa shape index (κ2) is 7.70. The first kappa shape index (κ1) is 16.8. The number of halogens is 2. The van der Waals surface area contributed by atoms with Gasteiger partial charge in [0.15, 0.2) is 5.82 Å². The van der Waals surface area contributed by atoms with Crippen molar-refractivity contribution in [3.63, 3.8) is 0 Å². The second-order valence-electron chi connectivity index (χ2n) is 5.76. The van der Waals surface area contributed by atoms with Crippen molar-refractivity contribution >= 4 is 21.8 Å². The summed E-state index contributed by atoms with van der Waals surface area (Å²) in [4.78, 5) is 19.9. The van der Waals surface area contributed by atoms with Gasteiger partial charge in [0.05, 0.1) is 12.4 Å². The molecule has 1 fully saturated rings. The molecule has 1 heterocycles. The van der Waals surface area contributed by atoms with Crippen molar-refractivity contribution < 1.29 is 13.9 Å². The SMILES string of the molecule is O=C(NC1CCC(Oc2ncc(F)cn2)CC1)c1cccc(Br)c1. The minimum Gasteiger partial charge on any atom is -0.460 e. The molecule has 126 valence electrons. The molecule has 1 amide bonds. The average Bonchev–Trinajstić information content (AvgIpc) is 2.59. The molecule has 5 nitrogen and oxygen atoms in total. The molecule has 1 saturated carbocycles. The lowest BCUT2D eigenvalue weighted by Crippen LogP contribution is -2.39. The molecule has 2 aromatic rings. The highest BCUT2D eigenvalue weighted by molar-refractivity contribution is 9.10. The molecule has 3 rings (SSSR count). The Morgan fingerprint density at radius 1 is 1.21 bits per heavy atom. The molecule has 0 spiro atoms. The van der Waals surface area contributed by atoms with Gasteiger partial charge < -0.3 is 10.1 Å². The standard InChI is InChI=1S/C17H17BrFN3O2/c18-12-3-1-2-11(8-12)16(23)22-14-4-6-15(7-5-14)24-17-20-9-13(19)10-21-17/h1-3,8-10,14-15H,4-7H2,(H,22,23). The van der Waals surface area contributed by atoms with Crippen molar-refractivity contribution in [2.75, 3.05) is 0 Å². The third-order valence-electron chi connectivity index (χ3n) is 3.96. The highest BCUT2D eigenvalue weighted by Crippen LogP contribution is 2.22. The first-order valence-electron chi connectivity index (χ1n) is 7.81. The van der Waals surface area contributed by atoms with E-state index in [0.717, 1.165) is 42.5 Å². The highest BCUT2D eigenvalue weighted by atomic mass is 79.9. The maximum atomic E-state index is 12.8. The number of aromatic nitrogens is 2. The number of hydrogen-bond acceptors (Lipinski definition) is 4. The van der Waals surface area contributed by atoms with Crippen LogP contribution >= 0.6 is 15.9 Å². The van der Waals surface area contributed by atoms with E-state index in [1.807, 2.05) is 12.1 Å². The van der Waals surface area contributed by atoms with E-state index in [4.69, 9.17) is 4.74 Å². The van der Waals surface area contributed by atoms with Crippen LogP contribution in [0.15, 0.2) is 41.1 Å². The second-order valence-corrected chi connectivity index (χ2v) is 6.67. The molecule has 24 heavy (non-hydrogen) atoms. The van der Waals surface area contributed by atoms with Gasteiger partial charge >= 0.3 is 6.01 Å². The van der Waals surface area contributed by atoms with E-state index in [-0.39, 0.29) is 24.1 Å². The molecule has 0 aliphatic heterocycles. The maximum absolute atomic E-state index is 12.8. The Bertz CT molecular complexity index is 703. The predicted octanol–water partition coefficient (Wildman–Crippen LogP) is 3.50. The Morgan fingerprint density at radius 2 is 1.92 bits per heavy atom. The number of amides is 1. The van der Waals surface area contributed by atoms with Crippen LogP contribution in [0.25, 0.3) is 0 Å². The average molecular weight is 394 g/mol. The van der Waals surface area contributed by atoms with E-state index in [2.05, 4.69) is 31.2 Å². The summed E-state index contributed by atoms with van der Waals surface area (Å²) in [5.74, 6) is -0.552. The number of ether oxygens (including phenoxy) is 1. The van der Waals surface area contributed by atoms with Gasteiger partial charge in [-0.15, -0.1) is 0 Å². The van der Waals surface area contributed by atoms with Crippen molar-refractivity contribution in [3.05, 3.63) is 52.5 Å². The molecule has 0 saturated heterocycles. The Balaban J connectivity index is 1.48. The molecule has 0 radical (unpaired) electrons. The van der Waals surface area contributed by atoms with Crippen LogP contribution in [0.2, 0.25) is 0 Å². The fourth-order valence-electron chi connectivity index (χ4n) is 2.73. The highest BCUT2D eigenvalue weighted by Gasteiger charge is 2.24. The van der Waals surface area contributed by atoms with Crippen LogP contribution < -0.4 is 10.1 Å². The summed E-state index contributed by atoms with van der Waals surface area (Å²) in [5.41, 5.74) is 0.641. The lowest BCUT2D eigenvalue weighted by Gasteiger charge is -2.28. The minimum atomic E-state index is -0.485. The summed E-state index contributed by atoms with van der Waals surface area (Å²) in [7, 11) is 0. The molecule has 1 aliphatic carbocycles. The van der Waals surface area contributed by atoms with Gasteiger partial charge in [0.2, 0.25) is 0 Å². The molecule has 1 aliphatic rings. The predicted molar refractivity (Wildman–Crippen MR) is 90.3 cm³/mol. The van der Waals surface area contributed by atoms with Crippen LogP contribution in [-0.2, 0) is 0 Å². The lowest BCUT2D eigenvalue weighted by atomic mass is 9.92. The number of carbonyl (C=O) groups excluding carboxylic acids is 1. The fourth-order valence-corrected chi connectivity index (χ4v) is 3.13. The van der Waals surface area contributed by atoms with Crippen LogP contribution in [-0.4, -0.2) is 28.0 Å². The van der Waals surface area contributed by atoms with Crippen molar-refractivity contribution in [1.29, 1.82) is 0 Å². The van der Waals surface area contributed by atoms with Gasteiger partial charge in [-0.3, -0.25) is 4.79 Å². The van der Waals surface area contributed by atoms with Gasteiger partial charge in [0.1, 0.15) is 6.10 Å². The van der Waals surface area contributed by atoms with E-state index in [0.29, 0.717) is 5.56 Å². The normalized spacial score (nSPS) is 20.4. The largest absolute Gasteiger partial charge is 0.460 e. The van der Waals surface area contributed by atoms with Gasteiger partial charge in [-0.1, -0.05) is 22.0 Å². The summed E-state index contributed by atoms with van der Waals surface area (Å²) in [6.45, 7) is 0. The van der Waals surface area contributed by atoms with E-state index in [1.165, 1.54) is 0 Å². The third-order valence-corrected chi connectivity index (χ3v) is 4.46. The van der Waals surface area contributed by atoms with Crippen molar-refractivity contribution in [2.24, 2.45) is 0 Å².